The Morgan fingerprint density at radius 2 is 2.24 bits per heavy atom. The molecule has 17 heavy (non-hydrogen) atoms. The minimum absolute atomic E-state index is 0.125. The molecule has 1 aromatic carbocycles. The van der Waals surface area contributed by atoms with E-state index < -0.39 is 5.82 Å². The zero-order valence-corrected chi connectivity index (χ0v) is 10.9. The summed E-state index contributed by atoms with van der Waals surface area (Å²) in [5.41, 5.74) is 0.403. The molecule has 1 heterocycles. The Balaban J connectivity index is 2.02. The van der Waals surface area contributed by atoms with Gasteiger partial charge >= 0.3 is 0 Å². The predicted molar refractivity (Wildman–Crippen MR) is 65.2 cm³/mol. The van der Waals surface area contributed by atoms with Gasteiger partial charge in [-0.2, -0.15) is 0 Å². The van der Waals surface area contributed by atoms with E-state index in [0.717, 1.165) is 24.5 Å². The molecule has 0 N–H and O–H groups in total. The lowest BCUT2D eigenvalue weighted by Crippen LogP contribution is -2.42. The Labute approximate surface area is 108 Å². The number of ether oxygens (including phenoxy) is 1. The maximum atomic E-state index is 13.5. The van der Waals surface area contributed by atoms with Crippen molar-refractivity contribution in [3.63, 3.8) is 0 Å². The average molecular weight is 306 g/mol. The first kappa shape index (κ1) is 12.9. The summed E-state index contributed by atoms with van der Waals surface area (Å²) in [6, 6.07) is 3.57. The van der Waals surface area contributed by atoms with Gasteiger partial charge in [0.1, 0.15) is 11.6 Å². The average Bonchev–Trinajstić information content (AvgIpc) is 2.34. The fraction of sp³-hybridized carbons (Fsp3) is 0.500. The Hall–Kier alpha value is -0.520. The molecule has 0 aliphatic carbocycles. The molecule has 0 radical (unpaired) electrons. The van der Waals surface area contributed by atoms with Crippen molar-refractivity contribution in [1.82, 2.24) is 4.90 Å². The van der Waals surface area contributed by atoms with Crippen LogP contribution in [0.25, 0.3) is 0 Å². The van der Waals surface area contributed by atoms with E-state index in [-0.39, 0.29) is 11.9 Å². The number of morpholine rings is 1. The molecule has 1 unspecified atom stereocenters. The van der Waals surface area contributed by atoms with Gasteiger partial charge in [0.25, 0.3) is 0 Å². The van der Waals surface area contributed by atoms with Gasteiger partial charge in [0.15, 0.2) is 0 Å². The van der Waals surface area contributed by atoms with Gasteiger partial charge in [-0.3, -0.25) is 4.90 Å². The number of halogens is 3. The number of nitrogens with zero attached hydrogens (tertiary/aromatic N) is 1. The van der Waals surface area contributed by atoms with Gasteiger partial charge in [0, 0.05) is 30.5 Å². The molecule has 0 bridgehead atoms. The number of rotatable bonds is 3. The molecule has 2 rings (SSSR count). The Morgan fingerprint density at radius 3 is 3.00 bits per heavy atom. The van der Waals surface area contributed by atoms with Gasteiger partial charge in [0.2, 0.25) is 0 Å². The highest BCUT2D eigenvalue weighted by molar-refractivity contribution is 9.09. The van der Waals surface area contributed by atoms with Crippen LogP contribution in [0, 0.1) is 11.6 Å². The van der Waals surface area contributed by atoms with E-state index >= 15 is 0 Å². The molecule has 94 valence electrons. The van der Waals surface area contributed by atoms with Crippen molar-refractivity contribution in [2.24, 2.45) is 0 Å². The lowest BCUT2D eigenvalue weighted by atomic mass is 10.1. The van der Waals surface area contributed by atoms with Crippen molar-refractivity contribution in [2.75, 3.05) is 25.0 Å². The van der Waals surface area contributed by atoms with Crippen LogP contribution in [0.15, 0.2) is 18.2 Å². The van der Waals surface area contributed by atoms with Gasteiger partial charge in [-0.1, -0.05) is 15.9 Å². The third-order valence-corrected chi connectivity index (χ3v) is 3.52. The molecule has 0 saturated carbocycles. The van der Waals surface area contributed by atoms with E-state index in [1.165, 1.54) is 12.1 Å². The molecule has 0 amide bonds. The summed E-state index contributed by atoms with van der Waals surface area (Å²) < 4.78 is 32.0. The van der Waals surface area contributed by atoms with E-state index in [1.54, 1.807) is 0 Å². The zero-order valence-electron chi connectivity index (χ0n) is 9.33. The van der Waals surface area contributed by atoms with Gasteiger partial charge in [-0.15, -0.1) is 0 Å². The molecule has 1 aliphatic heterocycles. The van der Waals surface area contributed by atoms with Gasteiger partial charge in [-0.25, -0.2) is 8.78 Å². The van der Waals surface area contributed by atoms with Gasteiger partial charge in [-0.05, 0) is 18.2 Å². The summed E-state index contributed by atoms with van der Waals surface area (Å²) in [5, 5.41) is 0.759. The van der Waals surface area contributed by atoms with Crippen LogP contribution in [0.5, 0.6) is 0 Å². The third kappa shape index (κ3) is 3.47. The maximum absolute atomic E-state index is 13.5. The summed E-state index contributed by atoms with van der Waals surface area (Å²) >= 11 is 3.36. The minimum Gasteiger partial charge on any atom is -0.375 e. The van der Waals surface area contributed by atoms with E-state index in [0.29, 0.717) is 18.7 Å². The summed E-state index contributed by atoms with van der Waals surface area (Å²) in [6.45, 7) is 2.55. The molecule has 1 atom stereocenters. The molecule has 1 saturated heterocycles. The molecule has 1 aromatic rings. The predicted octanol–water partition coefficient (Wildman–Crippen LogP) is 2.56. The van der Waals surface area contributed by atoms with Crippen molar-refractivity contribution in [3.05, 3.63) is 35.4 Å². The minimum atomic E-state index is -0.397. The SMILES string of the molecule is Fc1ccc(F)c(CN2CCOC(CBr)C2)c1. The number of hydrogen-bond acceptors (Lipinski definition) is 2. The molecule has 1 aliphatic rings. The normalized spacial score (nSPS) is 21.7. The van der Waals surface area contributed by atoms with E-state index in [4.69, 9.17) is 4.74 Å². The molecule has 0 spiro atoms. The highest BCUT2D eigenvalue weighted by Crippen LogP contribution is 2.15. The second kappa shape index (κ2) is 5.89. The standard InChI is InChI=1S/C12H14BrF2NO/c13-6-11-8-16(3-4-17-11)7-9-5-10(14)1-2-12(9)15/h1-2,5,11H,3-4,6-8H2. The van der Waals surface area contributed by atoms with Gasteiger partial charge < -0.3 is 4.74 Å². The van der Waals surface area contributed by atoms with Crippen molar-refractivity contribution in [2.45, 2.75) is 12.6 Å². The molecule has 1 fully saturated rings. The second-order valence-corrected chi connectivity index (χ2v) is 4.77. The maximum Gasteiger partial charge on any atom is 0.127 e. The van der Waals surface area contributed by atoms with Gasteiger partial charge in [0.05, 0.1) is 12.7 Å². The summed E-state index contributed by atoms with van der Waals surface area (Å²) in [7, 11) is 0. The topological polar surface area (TPSA) is 12.5 Å². The largest absolute Gasteiger partial charge is 0.375 e. The smallest absolute Gasteiger partial charge is 0.127 e. The van der Waals surface area contributed by atoms with E-state index in [9.17, 15) is 8.78 Å². The Bertz CT molecular complexity index is 389. The van der Waals surface area contributed by atoms with Crippen LogP contribution in [0.4, 0.5) is 8.78 Å². The van der Waals surface area contributed by atoms with Crippen LogP contribution >= 0.6 is 15.9 Å². The summed E-state index contributed by atoms with van der Waals surface area (Å²) in [5.74, 6) is -0.750. The first-order valence-corrected chi connectivity index (χ1v) is 6.65. The van der Waals surface area contributed by atoms with Crippen LogP contribution in [-0.4, -0.2) is 36.0 Å². The van der Waals surface area contributed by atoms with Crippen LogP contribution in [0.3, 0.4) is 0 Å². The van der Waals surface area contributed by atoms with Crippen LogP contribution in [0.2, 0.25) is 0 Å². The fourth-order valence-corrected chi connectivity index (χ4v) is 2.31. The molecular formula is C12H14BrF2NO. The van der Waals surface area contributed by atoms with E-state index in [2.05, 4.69) is 20.8 Å². The third-order valence-electron chi connectivity index (χ3n) is 2.80. The number of hydrogen-bond donors (Lipinski definition) is 0. The summed E-state index contributed by atoms with van der Waals surface area (Å²) in [6.07, 6.45) is 0.125. The van der Waals surface area contributed by atoms with Crippen molar-refractivity contribution >= 4 is 15.9 Å². The fourth-order valence-electron chi connectivity index (χ4n) is 1.92. The second-order valence-electron chi connectivity index (χ2n) is 4.12. The highest BCUT2D eigenvalue weighted by atomic mass is 79.9. The molecule has 2 nitrogen and oxygen atoms in total. The zero-order chi connectivity index (χ0) is 12.3. The van der Waals surface area contributed by atoms with Crippen LogP contribution in [0.1, 0.15) is 5.56 Å². The monoisotopic (exact) mass is 305 g/mol. The van der Waals surface area contributed by atoms with Crippen molar-refractivity contribution in [1.29, 1.82) is 0 Å². The lowest BCUT2D eigenvalue weighted by Gasteiger charge is -2.32. The number of benzene rings is 1. The van der Waals surface area contributed by atoms with Crippen LogP contribution in [-0.2, 0) is 11.3 Å². The molecule has 5 heteroatoms. The quantitative estimate of drug-likeness (QED) is 0.796. The Morgan fingerprint density at radius 1 is 1.41 bits per heavy atom. The summed E-state index contributed by atoms with van der Waals surface area (Å²) in [4.78, 5) is 2.08. The molecule has 0 aromatic heterocycles. The Kier molecular flexibility index (Phi) is 4.48. The number of alkyl halides is 1. The van der Waals surface area contributed by atoms with Crippen molar-refractivity contribution in [3.8, 4) is 0 Å². The first-order valence-electron chi connectivity index (χ1n) is 5.53. The molecular weight excluding hydrogens is 292 g/mol. The lowest BCUT2D eigenvalue weighted by molar-refractivity contribution is -0.0184. The highest BCUT2D eigenvalue weighted by Gasteiger charge is 2.20. The van der Waals surface area contributed by atoms with Crippen LogP contribution < -0.4 is 0 Å². The van der Waals surface area contributed by atoms with Crippen molar-refractivity contribution < 1.29 is 13.5 Å². The van der Waals surface area contributed by atoms with E-state index in [1.807, 2.05) is 0 Å². The first-order chi connectivity index (χ1) is 8.19.